The topological polar surface area (TPSA) is 61.5 Å². The monoisotopic (exact) mass is 209 g/mol. The van der Waals surface area contributed by atoms with E-state index >= 15 is 0 Å². The van der Waals surface area contributed by atoms with Crippen LogP contribution in [0.5, 0.6) is 5.75 Å². The van der Waals surface area contributed by atoms with Crippen LogP contribution in [-0.2, 0) is 4.74 Å². The first kappa shape index (κ1) is 11.4. The van der Waals surface area contributed by atoms with E-state index in [9.17, 15) is 4.79 Å². The van der Waals surface area contributed by atoms with Gasteiger partial charge in [0.2, 0.25) is 0 Å². The van der Waals surface area contributed by atoms with Crippen LogP contribution >= 0.6 is 0 Å². The largest absolute Gasteiger partial charge is 0.496 e. The first-order chi connectivity index (χ1) is 7.02. The summed E-state index contributed by atoms with van der Waals surface area (Å²) < 4.78 is 9.87. The van der Waals surface area contributed by atoms with Crippen LogP contribution in [0.4, 0.5) is 5.69 Å². The van der Waals surface area contributed by atoms with Crippen LogP contribution in [-0.4, -0.2) is 20.2 Å². The van der Waals surface area contributed by atoms with Crippen molar-refractivity contribution in [3.8, 4) is 5.75 Å². The minimum absolute atomic E-state index is 0.375. The zero-order valence-corrected chi connectivity index (χ0v) is 9.38. The van der Waals surface area contributed by atoms with Crippen molar-refractivity contribution < 1.29 is 14.3 Å². The highest BCUT2D eigenvalue weighted by Crippen LogP contribution is 2.30. The molecule has 0 aromatic heterocycles. The Kier molecular flexibility index (Phi) is 3.19. The first-order valence-electron chi connectivity index (χ1n) is 4.54. The van der Waals surface area contributed by atoms with Gasteiger partial charge in [-0.25, -0.2) is 4.79 Å². The van der Waals surface area contributed by atoms with Gasteiger partial charge < -0.3 is 15.2 Å². The van der Waals surface area contributed by atoms with Crippen molar-refractivity contribution in [3.63, 3.8) is 0 Å². The number of methoxy groups -OCH3 is 2. The number of benzene rings is 1. The maximum Gasteiger partial charge on any atom is 0.340 e. The van der Waals surface area contributed by atoms with Gasteiger partial charge in [-0.05, 0) is 25.5 Å². The first-order valence-corrected chi connectivity index (χ1v) is 4.54. The lowest BCUT2D eigenvalue weighted by molar-refractivity contribution is 0.0600. The number of ether oxygens (including phenoxy) is 2. The molecule has 1 aromatic carbocycles. The second kappa shape index (κ2) is 4.21. The highest BCUT2D eigenvalue weighted by molar-refractivity contribution is 5.97. The van der Waals surface area contributed by atoms with Crippen molar-refractivity contribution in [2.45, 2.75) is 13.8 Å². The van der Waals surface area contributed by atoms with E-state index in [1.807, 2.05) is 6.92 Å². The van der Waals surface area contributed by atoms with E-state index in [1.54, 1.807) is 20.1 Å². The van der Waals surface area contributed by atoms with E-state index in [2.05, 4.69) is 4.74 Å². The molecule has 0 bridgehead atoms. The molecule has 0 aliphatic heterocycles. The zero-order chi connectivity index (χ0) is 11.6. The van der Waals surface area contributed by atoms with Crippen molar-refractivity contribution in [1.29, 1.82) is 0 Å². The summed E-state index contributed by atoms with van der Waals surface area (Å²) in [6, 6.07) is 1.71. The average Bonchev–Trinajstić information content (AvgIpc) is 2.17. The van der Waals surface area contributed by atoms with Gasteiger partial charge in [-0.2, -0.15) is 0 Å². The number of anilines is 1. The van der Waals surface area contributed by atoms with Crippen LogP contribution in [0.15, 0.2) is 6.07 Å². The van der Waals surface area contributed by atoms with Crippen LogP contribution in [0.1, 0.15) is 21.5 Å². The van der Waals surface area contributed by atoms with Crippen LogP contribution in [0.2, 0.25) is 0 Å². The molecule has 0 saturated carbocycles. The number of carbonyl (C=O) groups is 1. The normalized spacial score (nSPS) is 9.87. The van der Waals surface area contributed by atoms with E-state index < -0.39 is 5.97 Å². The minimum Gasteiger partial charge on any atom is -0.496 e. The molecule has 0 atom stereocenters. The van der Waals surface area contributed by atoms with Crippen LogP contribution in [0, 0.1) is 13.8 Å². The van der Waals surface area contributed by atoms with Gasteiger partial charge in [-0.1, -0.05) is 0 Å². The maximum atomic E-state index is 11.5. The smallest absolute Gasteiger partial charge is 0.340 e. The van der Waals surface area contributed by atoms with Crippen molar-refractivity contribution in [3.05, 3.63) is 22.8 Å². The third-order valence-electron chi connectivity index (χ3n) is 2.33. The molecule has 0 heterocycles. The van der Waals surface area contributed by atoms with Crippen molar-refractivity contribution in [2.75, 3.05) is 20.0 Å². The number of nitrogen functional groups attached to an aromatic ring is 1. The number of hydrogen-bond acceptors (Lipinski definition) is 4. The molecule has 0 aliphatic rings. The predicted octanol–water partition coefficient (Wildman–Crippen LogP) is 1.68. The molecule has 0 fully saturated rings. The van der Waals surface area contributed by atoms with Gasteiger partial charge in [-0.15, -0.1) is 0 Å². The number of esters is 1. The zero-order valence-electron chi connectivity index (χ0n) is 9.38. The number of carbonyl (C=O) groups excluding carboxylic acids is 1. The SMILES string of the molecule is COC(=O)c1c(N)cc(C)c(OC)c1C. The highest BCUT2D eigenvalue weighted by Gasteiger charge is 2.18. The summed E-state index contributed by atoms with van der Waals surface area (Å²) in [7, 11) is 2.89. The second-order valence-corrected chi connectivity index (χ2v) is 3.31. The molecule has 4 heteroatoms. The molecule has 0 amide bonds. The average molecular weight is 209 g/mol. The fraction of sp³-hybridized carbons (Fsp3) is 0.364. The number of nitrogens with two attached hydrogens (primary N) is 1. The van der Waals surface area contributed by atoms with E-state index in [0.29, 0.717) is 22.6 Å². The number of rotatable bonds is 2. The summed E-state index contributed by atoms with van der Waals surface area (Å²) in [5, 5.41) is 0. The van der Waals surface area contributed by atoms with Crippen LogP contribution in [0.3, 0.4) is 0 Å². The van der Waals surface area contributed by atoms with Gasteiger partial charge >= 0.3 is 5.97 Å². The lowest BCUT2D eigenvalue weighted by Gasteiger charge is -2.14. The quantitative estimate of drug-likeness (QED) is 0.594. The Hall–Kier alpha value is -1.71. The van der Waals surface area contributed by atoms with Crippen molar-refractivity contribution >= 4 is 11.7 Å². The summed E-state index contributed by atoms with van der Waals surface area (Å²) >= 11 is 0. The van der Waals surface area contributed by atoms with Gasteiger partial charge in [0.25, 0.3) is 0 Å². The summed E-state index contributed by atoms with van der Waals surface area (Å²) in [6.45, 7) is 3.66. The Bertz CT molecular complexity index is 399. The summed E-state index contributed by atoms with van der Waals surface area (Å²) in [5.74, 6) is 0.230. The Labute approximate surface area is 89.0 Å². The molecule has 1 aromatic rings. The van der Waals surface area contributed by atoms with E-state index in [4.69, 9.17) is 10.5 Å². The molecule has 0 aliphatic carbocycles. The molecule has 15 heavy (non-hydrogen) atoms. The van der Waals surface area contributed by atoms with Gasteiger partial charge in [-0.3, -0.25) is 0 Å². The lowest BCUT2D eigenvalue weighted by Crippen LogP contribution is -2.10. The molecule has 4 nitrogen and oxygen atoms in total. The van der Waals surface area contributed by atoms with Gasteiger partial charge in [0, 0.05) is 11.3 Å². The highest BCUT2D eigenvalue weighted by atomic mass is 16.5. The standard InChI is InChI=1S/C11H15NO3/c1-6-5-8(12)9(11(13)15-4)7(2)10(6)14-3/h5H,12H2,1-4H3. The Morgan fingerprint density at radius 3 is 2.40 bits per heavy atom. The summed E-state index contributed by atoms with van der Waals surface area (Å²) in [4.78, 5) is 11.5. The maximum absolute atomic E-state index is 11.5. The fourth-order valence-corrected chi connectivity index (χ4v) is 1.68. The third-order valence-corrected chi connectivity index (χ3v) is 2.33. The van der Waals surface area contributed by atoms with Gasteiger partial charge in [0.05, 0.1) is 19.8 Å². The number of aryl methyl sites for hydroxylation is 1. The molecule has 0 radical (unpaired) electrons. The van der Waals surface area contributed by atoms with E-state index in [-0.39, 0.29) is 0 Å². The van der Waals surface area contributed by atoms with E-state index in [1.165, 1.54) is 7.11 Å². The van der Waals surface area contributed by atoms with Crippen LogP contribution < -0.4 is 10.5 Å². The molecule has 0 spiro atoms. The second-order valence-electron chi connectivity index (χ2n) is 3.31. The molecule has 82 valence electrons. The number of hydrogen-bond donors (Lipinski definition) is 1. The van der Waals surface area contributed by atoms with Crippen LogP contribution in [0.25, 0.3) is 0 Å². The predicted molar refractivity (Wildman–Crippen MR) is 58.2 cm³/mol. The molecule has 0 unspecified atom stereocenters. The molecule has 0 saturated heterocycles. The van der Waals surface area contributed by atoms with Crippen molar-refractivity contribution in [2.24, 2.45) is 0 Å². The molecular formula is C11H15NO3. The van der Waals surface area contributed by atoms with Gasteiger partial charge in [0.15, 0.2) is 0 Å². The minimum atomic E-state index is -0.441. The van der Waals surface area contributed by atoms with Crippen molar-refractivity contribution in [1.82, 2.24) is 0 Å². The van der Waals surface area contributed by atoms with E-state index in [0.717, 1.165) is 5.56 Å². The third kappa shape index (κ3) is 1.88. The molecule has 1 rings (SSSR count). The van der Waals surface area contributed by atoms with Gasteiger partial charge in [0.1, 0.15) is 5.75 Å². The fourth-order valence-electron chi connectivity index (χ4n) is 1.68. The lowest BCUT2D eigenvalue weighted by atomic mass is 10.0. The Balaban J connectivity index is 3.45. The Morgan fingerprint density at radius 1 is 1.33 bits per heavy atom. The molecule has 2 N–H and O–H groups in total. The summed E-state index contributed by atoms with van der Waals surface area (Å²) in [5.41, 5.74) is 8.17. The Morgan fingerprint density at radius 2 is 1.93 bits per heavy atom. The summed E-state index contributed by atoms with van der Waals surface area (Å²) in [6.07, 6.45) is 0. The molecular weight excluding hydrogens is 194 g/mol.